The summed E-state index contributed by atoms with van der Waals surface area (Å²) in [4.78, 5) is 11.3. The monoisotopic (exact) mass is 301 g/mol. The molecule has 0 amide bonds. The maximum absolute atomic E-state index is 12.0. The van der Waals surface area contributed by atoms with E-state index in [2.05, 4.69) is 4.72 Å². The molecule has 0 aliphatic heterocycles. The molecule has 1 aromatic carbocycles. The lowest BCUT2D eigenvalue weighted by molar-refractivity contribution is 0.0913. The summed E-state index contributed by atoms with van der Waals surface area (Å²) in [7, 11) is -3.62. The molecular weight excluding hydrogens is 282 g/mol. The maximum Gasteiger partial charge on any atom is 0.240 e. The molecule has 0 fully saturated rings. The molecule has 0 aliphatic carbocycles. The van der Waals surface area contributed by atoms with E-state index in [-0.39, 0.29) is 30.4 Å². The van der Waals surface area contributed by atoms with Crippen molar-refractivity contribution in [3.63, 3.8) is 0 Å². The topological polar surface area (TPSA) is 92.7 Å². The van der Waals surface area contributed by atoms with Crippen molar-refractivity contribution in [2.24, 2.45) is 0 Å². The highest BCUT2D eigenvalue weighted by Gasteiger charge is 2.14. The van der Waals surface area contributed by atoms with Crippen LogP contribution >= 0.6 is 0 Å². The zero-order valence-corrected chi connectivity index (χ0v) is 12.1. The molecule has 0 unspecified atom stereocenters. The Morgan fingerprint density at radius 1 is 1.35 bits per heavy atom. The number of aliphatic hydroxyl groups is 1. The van der Waals surface area contributed by atoms with Gasteiger partial charge < -0.3 is 9.84 Å². The van der Waals surface area contributed by atoms with Gasteiger partial charge >= 0.3 is 0 Å². The zero-order valence-electron chi connectivity index (χ0n) is 11.3. The molecular formula is C13H19NO5S. The van der Waals surface area contributed by atoms with Crippen LogP contribution in [0.5, 0.6) is 0 Å². The van der Waals surface area contributed by atoms with Gasteiger partial charge in [-0.2, -0.15) is 0 Å². The third kappa shape index (κ3) is 5.38. The van der Waals surface area contributed by atoms with Crippen LogP contribution in [0.15, 0.2) is 29.2 Å². The van der Waals surface area contributed by atoms with Gasteiger partial charge in [0.05, 0.1) is 18.1 Å². The van der Waals surface area contributed by atoms with Crippen molar-refractivity contribution in [1.29, 1.82) is 0 Å². The Kier molecular flexibility index (Phi) is 6.80. The Bertz CT molecular complexity index is 541. The van der Waals surface area contributed by atoms with Crippen molar-refractivity contribution in [2.75, 3.05) is 26.4 Å². The number of benzene rings is 1. The molecule has 0 saturated carbocycles. The summed E-state index contributed by atoms with van der Waals surface area (Å²) in [6.07, 6.45) is 0.506. The second kappa shape index (κ2) is 8.11. The Morgan fingerprint density at radius 2 is 2.10 bits per heavy atom. The summed E-state index contributed by atoms with van der Waals surface area (Å²) in [5.41, 5.74) is 0.360. The number of carbonyl (C=O) groups excluding carboxylic acids is 1. The first-order chi connectivity index (χ1) is 9.47. The molecule has 0 spiro atoms. The highest BCUT2D eigenvalue weighted by atomic mass is 32.2. The average Bonchev–Trinajstić information content (AvgIpc) is 2.43. The molecule has 0 bridgehead atoms. The van der Waals surface area contributed by atoms with Crippen LogP contribution in [0, 0.1) is 0 Å². The number of aliphatic hydroxyl groups excluding tert-OH is 1. The molecule has 0 radical (unpaired) electrons. The minimum absolute atomic E-state index is 0.0520. The fraction of sp³-hybridized carbons (Fsp3) is 0.462. The first kappa shape index (κ1) is 16.8. The molecule has 112 valence electrons. The molecule has 6 nitrogen and oxygen atoms in total. The highest BCUT2D eigenvalue weighted by Crippen LogP contribution is 2.11. The van der Waals surface area contributed by atoms with Gasteiger partial charge in [-0.3, -0.25) is 4.79 Å². The number of sulfonamides is 1. The van der Waals surface area contributed by atoms with Crippen molar-refractivity contribution >= 4 is 15.8 Å². The van der Waals surface area contributed by atoms with E-state index in [0.29, 0.717) is 18.6 Å². The van der Waals surface area contributed by atoms with Gasteiger partial charge in [-0.05, 0) is 25.5 Å². The molecule has 2 N–H and O–H groups in total. The van der Waals surface area contributed by atoms with E-state index in [9.17, 15) is 13.2 Å². The van der Waals surface area contributed by atoms with Gasteiger partial charge in [0.2, 0.25) is 10.0 Å². The summed E-state index contributed by atoms with van der Waals surface area (Å²) >= 11 is 0. The summed E-state index contributed by atoms with van der Waals surface area (Å²) < 4.78 is 31.4. The van der Waals surface area contributed by atoms with Gasteiger partial charge in [0, 0.05) is 18.7 Å². The van der Waals surface area contributed by atoms with Crippen LogP contribution < -0.4 is 4.72 Å². The van der Waals surface area contributed by atoms with E-state index >= 15 is 0 Å². The second-order valence-corrected chi connectivity index (χ2v) is 5.94. The lowest BCUT2D eigenvalue weighted by Gasteiger charge is -2.08. The second-order valence-electron chi connectivity index (χ2n) is 4.17. The van der Waals surface area contributed by atoms with Crippen LogP contribution in [0.25, 0.3) is 0 Å². The third-order valence-electron chi connectivity index (χ3n) is 2.54. The van der Waals surface area contributed by atoms with E-state index in [4.69, 9.17) is 9.84 Å². The molecule has 7 heteroatoms. The molecule has 0 saturated heterocycles. The molecule has 20 heavy (non-hydrogen) atoms. The number of ether oxygens (including phenoxy) is 1. The van der Waals surface area contributed by atoms with Crippen LogP contribution in [0.3, 0.4) is 0 Å². The Balaban J connectivity index is 2.56. The van der Waals surface area contributed by atoms with Crippen LogP contribution in [-0.2, 0) is 14.8 Å². The van der Waals surface area contributed by atoms with Crippen molar-refractivity contribution < 1.29 is 23.1 Å². The Labute approximate surface area is 118 Å². The van der Waals surface area contributed by atoms with Crippen LogP contribution in [0.4, 0.5) is 0 Å². The van der Waals surface area contributed by atoms with E-state index < -0.39 is 10.0 Å². The van der Waals surface area contributed by atoms with Crippen LogP contribution in [0.1, 0.15) is 23.7 Å². The number of carbonyl (C=O) groups is 1. The third-order valence-corrected chi connectivity index (χ3v) is 4.00. The minimum atomic E-state index is -3.62. The zero-order chi connectivity index (χ0) is 15.0. The van der Waals surface area contributed by atoms with E-state index in [1.807, 2.05) is 0 Å². The number of hydrogen-bond donors (Lipinski definition) is 2. The normalized spacial score (nSPS) is 11.5. The minimum Gasteiger partial charge on any atom is -0.394 e. The fourth-order valence-electron chi connectivity index (χ4n) is 1.51. The largest absolute Gasteiger partial charge is 0.394 e. The van der Waals surface area contributed by atoms with Gasteiger partial charge in [-0.25, -0.2) is 13.1 Å². The maximum atomic E-state index is 12.0. The molecule has 0 aromatic heterocycles. The number of nitrogens with one attached hydrogen (secondary N) is 1. The molecule has 0 heterocycles. The van der Waals surface area contributed by atoms with Gasteiger partial charge in [0.25, 0.3) is 0 Å². The standard InChI is InChI=1S/C13H19NO5S/c1-11(16)12-4-2-5-13(10-12)20(17,18)14-6-3-8-19-9-7-15/h2,4-5,10,14-15H,3,6-9H2,1H3. The van der Waals surface area contributed by atoms with E-state index in [1.165, 1.54) is 25.1 Å². The number of hydrogen-bond acceptors (Lipinski definition) is 5. The summed E-state index contributed by atoms with van der Waals surface area (Å²) in [5, 5.41) is 8.51. The van der Waals surface area contributed by atoms with Gasteiger partial charge in [-0.1, -0.05) is 12.1 Å². The number of rotatable bonds is 9. The Morgan fingerprint density at radius 3 is 2.75 bits per heavy atom. The SMILES string of the molecule is CC(=O)c1cccc(S(=O)(=O)NCCCOCCO)c1. The summed E-state index contributed by atoms with van der Waals surface area (Å²) in [6.45, 7) is 2.18. The van der Waals surface area contributed by atoms with Crippen LogP contribution in [0.2, 0.25) is 0 Å². The molecule has 0 aliphatic rings. The molecule has 1 aromatic rings. The van der Waals surface area contributed by atoms with Crippen molar-refractivity contribution in [3.05, 3.63) is 29.8 Å². The predicted molar refractivity (Wildman–Crippen MR) is 74.2 cm³/mol. The van der Waals surface area contributed by atoms with E-state index in [0.717, 1.165) is 0 Å². The van der Waals surface area contributed by atoms with Crippen molar-refractivity contribution in [2.45, 2.75) is 18.2 Å². The summed E-state index contributed by atoms with van der Waals surface area (Å²) in [6, 6.07) is 5.91. The first-order valence-electron chi connectivity index (χ1n) is 6.26. The van der Waals surface area contributed by atoms with E-state index in [1.54, 1.807) is 6.07 Å². The Hall–Kier alpha value is -1.28. The molecule has 0 atom stereocenters. The lowest BCUT2D eigenvalue weighted by atomic mass is 10.2. The van der Waals surface area contributed by atoms with Gasteiger partial charge in [0.15, 0.2) is 5.78 Å². The van der Waals surface area contributed by atoms with Gasteiger partial charge in [-0.15, -0.1) is 0 Å². The number of Topliss-reactive ketones (excluding diaryl/α,β-unsaturated/α-hetero) is 1. The smallest absolute Gasteiger partial charge is 0.240 e. The fourth-order valence-corrected chi connectivity index (χ4v) is 2.63. The van der Waals surface area contributed by atoms with Crippen LogP contribution in [-0.4, -0.2) is 45.7 Å². The van der Waals surface area contributed by atoms with Crippen molar-refractivity contribution in [1.82, 2.24) is 4.72 Å². The average molecular weight is 301 g/mol. The summed E-state index contributed by atoms with van der Waals surface area (Å²) in [5.74, 6) is -0.181. The lowest BCUT2D eigenvalue weighted by Crippen LogP contribution is -2.25. The number of ketones is 1. The molecule has 1 rings (SSSR count). The van der Waals surface area contributed by atoms with Crippen molar-refractivity contribution in [3.8, 4) is 0 Å². The first-order valence-corrected chi connectivity index (χ1v) is 7.75. The quantitative estimate of drug-likeness (QED) is 0.514. The predicted octanol–water partition coefficient (Wildman–Crippen LogP) is 0.567. The van der Waals surface area contributed by atoms with Gasteiger partial charge in [0.1, 0.15) is 0 Å². The highest BCUT2D eigenvalue weighted by molar-refractivity contribution is 7.89.